The van der Waals surface area contributed by atoms with Crippen molar-refractivity contribution >= 4 is 34.8 Å². The predicted molar refractivity (Wildman–Crippen MR) is 99.4 cm³/mol. The van der Waals surface area contributed by atoms with Gasteiger partial charge in [0.25, 0.3) is 0 Å². The van der Waals surface area contributed by atoms with Crippen LogP contribution in [0.3, 0.4) is 0 Å². The van der Waals surface area contributed by atoms with Gasteiger partial charge in [0.1, 0.15) is 5.01 Å². The number of aromatic nitrogens is 1. The largest absolute Gasteiger partial charge is 0.368 e. The molecule has 132 valence electrons. The molecule has 1 aliphatic carbocycles. The fraction of sp³-hybridized carbons (Fsp3) is 0.389. The van der Waals surface area contributed by atoms with Crippen LogP contribution >= 0.6 is 22.9 Å². The van der Waals surface area contributed by atoms with E-state index < -0.39 is 5.91 Å². The van der Waals surface area contributed by atoms with Crippen molar-refractivity contribution in [2.75, 3.05) is 6.54 Å². The molecule has 25 heavy (non-hydrogen) atoms. The number of hydrogen-bond acceptors (Lipinski definition) is 4. The molecule has 1 aromatic heterocycles. The Labute approximate surface area is 155 Å². The third kappa shape index (κ3) is 4.38. The van der Waals surface area contributed by atoms with Crippen LogP contribution in [0.4, 0.5) is 0 Å². The molecular formula is C18H20ClN3O2S. The summed E-state index contributed by atoms with van der Waals surface area (Å²) in [5.41, 5.74) is 6.88. The summed E-state index contributed by atoms with van der Waals surface area (Å²) in [7, 11) is 0. The van der Waals surface area contributed by atoms with Gasteiger partial charge in [-0.25, -0.2) is 4.98 Å². The summed E-state index contributed by atoms with van der Waals surface area (Å²) < 4.78 is 0. The molecule has 1 aliphatic rings. The molecule has 2 aromatic rings. The fourth-order valence-electron chi connectivity index (χ4n) is 3.21. The lowest BCUT2D eigenvalue weighted by Crippen LogP contribution is -2.44. The minimum atomic E-state index is -0.477. The van der Waals surface area contributed by atoms with Gasteiger partial charge >= 0.3 is 0 Å². The third-order valence-corrected chi connectivity index (χ3v) is 5.65. The van der Waals surface area contributed by atoms with E-state index in [1.165, 1.54) is 11.3 Å². The zero-order valence-electron chi connectivity index (χ0n) is 13.8. The molecule has 0 bridgehead atoms. The molecule has 1 fully saturated rings. The van der Waals surface area contributed by atoms with Gasteiger partial charge in [-0.1, -0.05) is 42.6 Å². The van der Waals surface area contributed by atoms with Crippen molar-refractivity contribution in [1.82, 2.24) is 9.88 Å². The van der Waals surface area contributed by atoms with Crippen molar-refractivity contribution in [3.05, 3.63) is 40.4 Å². The van der Waals surface area contributed by atoms with E-state index in [9.17, 15) is 9.59 Å². The molecule has 2 amide bonds. The van der Waals surface area contributed by atoms with Crippen LogP contribution in [-0.2, 0) is 16.0 Å². The molecule has 7 heteroatoms. The standard InChI is InChI=1S/C18H20ClN3O2S/c19-15-8-4-3-7-14(15)18-21-12(11-25-18)9-17(24)22(10-16(20)23)13-5-1-2-6-13/h3-4,7-8,11,13H,1-2,5-6,9-10H2,(H2,20,23). The second-order valence-corrected chi connectivity index (χ2v) is 7.49. The number of carbonyl (C=O) groups excluding carboxylic acids is 2. The van der Waals surface area contributed by atoms with Gasteiger partial charge in [-0.2, -0.15) is 0 Å². The highest BCUT2D eigenvalue weighted by Crippen LogP contribution is 2.30. The Bertz CT molecular complexity index is 771. The van der Waals surface area contributed by atoms with Crippen molar-refractivity contribution < 1.29 is 9.59 Å². The number of carbonyl (C=O) groups is 2. The summed E-state index contributed by atoms with van der Waals surface area (Å²) in [5.74, 6) is -0.572. The number of hydrogen-bond donors (Lipinski definition) is 1. The van der Waals surface area contributed by atoms with E-state index in [-0.39, 0.29) is 24.9 Å². The Morgan fingerprint density at radius 3 is 2.68 bits per heavy atom. The number of amides is 2. The first-order chi connectivity index (χ1) is 12.0. The van der Waals surface area contributed by atoms with Gasteiger partial charge in [0, 0.05) is 17.0 Å². The highest BCUT2D eigenvalue weighted by Gasteiger charge is 2.28. The molecule has 1 heterocycles. The maximum atomic E-state index is 12.7. The number of nitrogens with two attached hydrogens (primary N) is 1. The Balaban J connectivity index is 1.73. The number of thiazole rings is 1. The maximum absolute atomic E-state index is 12.7. The zero-order valence-corrected chi connectivity index (χ0v) is 15.4. The van der Waals surface area contributed by atoms with Crippen LogP contribution < -0.4 is 5.73 Å². The van der Waals surface area contributed by atoms with E-state index in [0.717, 1.165) is 36.3 Å². The maximum Gasteiger partial charge on any atom is 0.237 e. The Kier molecular flexibility index (Phi) is 5.71. The van der Waals surface area contributed by atoms with E-state index in [4.69, 9.17) is 17.3 Å². The van der Waals surface area contributed by atoms with E-state index in [0.29, 0.717) is 10.7 Å². The number of primary amides is 1. The second kappa shape index (κ2) is 7.97. The smallest absolute Gasteiger partial charge is 0.237 e. The van der Waals surface area contributed by atoms with Gasteiger partial charge in [0.15, 0.2) is 0 Å². The average Bonchev–Trinajstić information content (AvgIpc) is 3.24. The number of rotatable bonds is 6. The van der Waals surface area contributed by atoms with Crippen LogP contribution in [0.25, 0.3) is 10.6 Å². The van der Waals surface area contributed by atoms with Crippen LogP contribution in [0, 0.1) is 0 Å². The molecule has 1 saturated carbocycles. The van der Waals surface area contributed by atoms with Crippen molar-refractivity contribution in [2.45, 2.75) is 38.1 Å². The number of benzene rings is 1. The molecule has 0 radical (unpaired) electrons. The lowest BCUT2D eigenvalue weighted by atomic mass is 10.1. The summed E-state index contributed by atoms with van der Waals surface area (Å²) in [5, 5.41) is 3.29. The van der Waals surface area contributed by atoms with Gasteiger partial charge in [-0.05, 0) is 18.9 Å². The molecule has 0 saturated heterocycles. The minimum absolute atomic E-state index is 0.0228. The average molecular weight is 378 g/mol. The molecule has 0 atom stereocenters. The van der Waals surface area contributed by atoms with E-state index in [2.05, 4.69) is 4.98 Å². The topological polar surface area (TPSA) is 76.3 Å². The van der Waals surface area contributed by atoms with Crippen LogP contribution in [-0.4, -0.2) is 34.3 Å². The summed E-state index contributed by atoms with van der Waals surface area (Å²) in [6.07, 6.45) is 4.20. The summed E-state index contributed by atoms with van der Waals surface area (Å²) >= 11 is 7.67. The van der Waals surface area contributed by atoms with Gasteiger partial charge in [0.2, 0.25) is 11.8 Å². The van der Waals surface area contributed by atoms with Crippen molar-refractivity contribution in [1.29, 1.82) is 0 Å². The normalized spacial score (nSPS) is 14.6. The van der Waals surface area contributed by atoms with E-state index >= 15 is 0 Å². The lowest BCUT2D eigenvalue weighted by molar-refractivity contribution is -0.136. The van der Waals surface area contributed by atoms with Crippen LogP contribution in [0.2, 0.25) is 5.02 Å². The molecule has 5 nitrogen and oxygen atoms in total. The molecule has 0 aliphatic heterocycles. The molecule has 1 aromatic carbocycles. The molecule has 0 unspecified atom stereocenters. The van der Waals surface area contributed by atoms with Gasteiger partial charge in [-0.15, -0.1) is 11.3 Å². The molecule has 2 N–H and O–H groups in total. The van der Waals surface area contributed by atoms with E-state index in [1.54, 1.807) is 4.90 Å². The van der Waals surface area contributed by atoms with Crippen LogP contribution in [0.5, 0.6) is 0 Å². The first-order valence-corrected chi connectivity index (χ1v) is 9.57. The Hall–Kier alpha value is -1.92. The quantitative estimate of drug-likeness (QED) is 0.839. The van der Waals surface area contributed by atoms with Gasteiger partial charge < -0.3 is 10.6 Å². The Morgan fingerprint density at radius 1 is 1.28 bits per heavy atom. The van der Waals surface area contributed by atoms with Gasteiger partial charge in [-0.3, -0.25) is 9.59 Å². The first-order valence-electron chi connectivity index (χ1n) is 8.31. The van der Waals surface area contributed by atoms with Crippen molar-refractivity contribution in [3.8, 4) is 10.6 Å². The molecule has 3 rings (SSSR count). The van der Waals surface area contributed by atoms with Crippen LogP contribution in [0.15, 0.2) is 29.6 Å². The highest BCUT2D eigenvalue weighted by molar-refractivity contribution is 7.13. The lowest BCUT2D eigenvalue weighted by Gasteiger charge is -2.27. The summed E-state index contributed by atoms with van der Waals surface area (Å²) in [6.45, 7) is -0.0228. The number of nitrogens with zero attached hydrogens (tertiary/aromatic N) is 2. The fourth-order valence-corrected chi connectivity index (χ4v) is 4.35. The van der Waals surface area contributed by atoms with E-state index in [1.807, 2.05) is 29.6 Å². The summed E-state index contributed by atoms with van der Waals surface area (Å²) in [6, 6.07) is 7.61. The van der Waals surface area contributed by atoms with Crippen LogP contribution in [0.1, 0.15) is 31.4 Å². The van der Waals surface area contributed by atoms with Gasteiger partial charge in [0.05, 0.1) is 23.7 Å². The minimum Gasteiger partial charge on any atom is -0.368 e. The molecular weight excluding hydrogens is 358 g/mol. The SMILES string of the molecule is NC(=O)CN(C(=O)Cc1csc(-c2ccccc2Cl)n1)C1CCCC1. The monoisotopic (exact) mass is 377 g/mol. The summed E-state index contributed by atoms with van der Waals surface area (Å²) in [4.78, 5) is 30.2. The Morgan fingerprint density at radius 2 is 2.00 bits per heavy atom. The van der Waals surface area contributed by atoms with Crippen molar-refractivity contribution in [3.63, 3.8) is 0 Å². The van der Waals surface area contributed by atoms with Crippen molar-refractivity contribution in [2.24, 2.45) is 5.73 Å². The predicted octanol–water partition coefficient (Wildman–Crippen LogP) is 3.26. The zero-order chi connectivity index (χ0) is 17.8. The first kappa shape index (κ1) is 17.9. The molecule has 0 spiro atoms. The number of halogens is 1. The third-order valence-electron chi connectivity index (χ3n) is 4.40. The highest BCUT2D eigenvalue weighted by atomic mass is 35.5. The second-order valence-electron chi connectivity index (χ2n) is 6.23.